The molecule has 0 aliphatic carbocycles. The van der Waals surface area contributed by atoms with E-state index in [1.165, 1.54) is 0 Å². The SMILES string of the molecule is ClCCCc1nnnn1-c1ccccc1. The first-order chi connectivity index (χ1) is 7.42. The smallest absolute Gasteiger partial charge is 0.156 e. The Kier molecular flexibility index (Phi) is 3.29. The van der Waals surface area contributed by atoms with E-state index < -0.39 is 0 Å². The van der Waals surface area contributed by atoms with E-state index in [0.717, 1.165) is 24.4 Å². The first kappa shape index (κ1) is 10.1. The molecule has 1 aromatic heterocycles. The number of hydrogen-bond acceptors (Lipinski definition) is 3. The maximum atomic E-state index is 5.64. The van der Waals surface area contributed by atoms with E-state index in [-0.39, 0.29) is 0 Å². The first-order valence-electron chi connectivity index (χ1n) is 4.80. The Morgan fingerprint density at radius 3 is 2.73 bits per heavy atom. The summed E-state index contributed by atoms with van der Waals surface area (Å²) in [4.78, 5) is 0. The van der Waals surface area contributed by atoms with E-state index >= 15 is 0 Å². The van der Waals surface area contributed by atoms with Crippen LogP contribution in [-0.4, -0.2) is 26.1 Å². The zero-order valence-corrected chi connectivity index (χ0v) is 8.93. The number of aromatic nitrogens is 4. The summed E-state index contributed by atoms with van der Waals surface area (Å²) in [7, 11) is 0. The quantitative estimate of drug-likeness (QED) is 0.742. The van der Waals surface area contributed by atoms with E-state index in [9.17, 15) is 0 Å². The van der Waals surface area contributed by atoms with Crippen LogP contribution in [0.3, 0.4) is 0 Å². The summed E-state index contributed by atoms with van der Waals surface area (Å²) in [6.45, 7) is 0. The van der Waals surface area contributed by atoms with E-state index in [4.69, 9.17) is 11.6 Å². The highest BCUT2D eigenvalue weighted by Crippen LogP contribution is 2.08. The Morgan fingerprint density at radius 1 is 1.20 bits per heavy atom. The monoisotopic (exact) mass is 222 g/mol. The number of nitrogens with zero attached hydrogens (tertiary/aromatic N) is 4. The van der Waals surface area contributed by atoms with Crippen molar-refractivity contribution in [1.82, 2.24) is 20.2 Å². The zero-order chi connectivity index (χ0) is 10.5. The first-order valence-corrected chi connectivity index (χ1v) is 5.34. The summed E-state index contributed by atoms with van der Waals surface area (Å²) >= 11 is 5.64. The van der Waals surface area contributed by atoms with Crippen LogP contribution in [0.4, 0.5) is 0 Å². The fourth-order valence-corrected chi connectivity index (χ4v) is 1.49. The Labute approximate surface area is 92.9 Å². The summed E-state index contributed by atoms with van der Waals surface area (Å²) in [6.07, 6.45) is 1.68. The van der Waals surface area contributed by atoms with Crippen LogP contribution >= 0.6 is 11.6 Å². The maximum absolute atomic E-state index is 5.64. The van der Waals surface area contributed by atoms with Gasteiger partial charge in [0, 0.05) is 12.3 Å². The van der Waals surface area contributed by atoms with E-state index in [1.54, 1.807) is 4.68 Å². The average Bonchev–Trinajstić information content (AvgIpc) is 2.75. The molecular weight excluding hydrogens is 212 g/mol. The van der Waals surface area contributed by atoms with Gasteiger partial charge in [-0.1, -0.05) is 18.2 Å². The number of hydrogen-bond donors (Lipinski definition) is 0. The van der Waals surface area contributed by atoms with Gasteiger partial charge in [0.15, 0.2) is 5.82 Å². The molecule has 0 N–H and O–H groups in total. The fourth-order valence-electron chi connectivity index (χ4n) is 1.36. The van der Waals surface area contributed by atoms with Crippen LogP contribution in [0.25, 0.3) is 5.69 Å². The van der Waals surface area contributed by atoms with Gasteiger partial charge in [-0.15, -0.1) is 16.7 Å². The molecule has 4 nitrogen and oxygen atoms in total. The molecule has 0 fully saturated rings. The third-order valence-electron chi connectivity index (χ3n) is 2.07. The molecular formula is C10H11ClN4. The molecule has 0 bridgehead atoms. The highest BCUT2D eigenvalue weighted by atomic mass is 35.5. The van der Waals surface area contributed by atoms with Gasteiger partial charge in [0.2, 0.25) is 0 Å². The van der Waals surface area contributed by atoms with Gasteiger partial charge in [0.1, 0.15) is 0 Å². The van der Waals surface area contributed by atoms with Crippen molar-refractivity contribution in [2.45, 2.75) is 12.8 Å². The van der Waals surface area contributed by atoms with Gasteiger partial charge in [-0.3, -0.25) is 0 Å². The molecule has 1 heterocycles. The summed E-state index contributed by atoms with van der Waals surface area (Å²) < 4.78 is 1.74. The lowest BCUT2D eigenvalue weighted by Crippen LogP contribution is -2.03. The van der Waals surface area contributed by atoms with Gasteiger partial charge in [0.25, 0.3) is 0 Å². The molecule has 0 saturated carbocycles. The molecule has 0 aliphatic rings. The van der Waals surface area contributed by atoms with Gasteiger partial charge in [-0.25, -0.2) is 0 Å². The molecule has 0 radical (unpaired) electrons. The molecule has 2 aromatic rings. The molecule has 0 amide bonds. The summed E-state index contributed by atoms with van der Waals surface area (Å²) in [6, 6.07) is 9.83. The minimum absolute atomic E-state index is 0.627. The predicted molar refractivity (Wildman–Crippen MR) is 58.2 cm³/mol. The van der Waals surface area contributed by atoms with Crippen molar-refractivity contribution in [2.24, 2.45) is 0 Å². The highest BCUT2D eigenvalue weighted by Gasteiger charge is 2.06. The van der Waals surface area contributed by atoms with Gasteiger partial charge in [0.05, 0.1) is 5.69 Å². The lowest BCUT2D eigenvalue weighted by Gasteiger charge is -2.02. The van der Waals surface area contributed by atoms with Crippen LogP contribution in [0.5, 0.6) is 0 Å². The third kappa shape index (κ3) is 2.33. The average molecular weight is 223 g/mol. The van der Waals surface area contributed by atoms with Gasteiger partial charge >= 0.3 is 0 Å². The Hall–Kier alpha value is -1.42. The fraction of sp³-hybridized carbons (Fsp3) is 0.300. The van der Waals surface area contributed by atoms with Crippen LogP contribution in [0.1, 0.15) is 12.2 Å². The normalized spacial score (nSPS) is 10.5. The topological polar surface area (TPSA) is 43.6 Å². The van der Waals surface area contributed by atoms with E-state index in [2.05, 4.69) is 15.5 Å². The van der Waals surface area contributed by atoms with Gasteiger partial charge < -0.3 is 0 Å². The minimum atomic E-state index is 0.627. The van der Waals surface area contributed by atoms with Crippen molar-refractivity contribution in [2.75, 3.05) is 5.88 Å². The highest BCUT2D eigenvalue weighted by molar-refractivity contribution is 6.17. The molecule has 2 rings (SSSR count). The Balaban J connectivity index is 2.25. The third-order valence-corrected chi connectivity index (χ3v) is 2.34. The summed E-state index contributed by atoms with van der Waals surface area (Å²) in [5, 5.41) is 11.6. The number of rotatable bonds is 4. The van der Waals surface area contributed by atoms with Crippen LogP contribution in [0, 0.1) is 0 Å². The molecule has 15 heavy (non-hydrogen) atoms. The van der Waals surface area contributed by atoms with Crippen molar-refractivity contribution >= 4 is 11.6 Å². The predicted octanol–water partition coefficient (Wildman–Crippen LogP) is 1.83. The van der Waals surface area contributed by atoms with Crippen LogP contribution < -0.4 is 0 Å². The van der Waals surface area contributed by atoms with Crippen molar-refractivity contribution in [3.63, 3.8) is 0 Å². The summed E-state index contributed by atoms with van der Waals surface area (Å²) in [5.74, 6) is 1.48. The van der Waals surface area contributed by atoms with Crippen LogP contribution in [-0.2, 0) is 6.42 Å². The summed E-state index contributed by atoms with van der Waals surface area (Å²) in [5.41, 5.74) is 0.979. The number of benzene rings is 1. The second-order valence-corrected chi connectivity index (χ2v) is 3.51. The molecule has 0 spiro atoms. The Bertz CT molecular complexity index is 412. The van der Waals surface area contributed by atoms with Crippen LogP contribution in [0.15, 0.2) is 30.3 Å². The molecule has 78 valence electrons. The molecule has 5 heteroatoms. The van der Waals surface area contributed by atoms with Gasteiger partial charge in [-0.2, -0.15) is 4.68 Å². The van der Waals surface area contributed by atoms with Crippen molar-refractivity contribution in [1.29, 1.82) is 0 Å². The molecule has 0 unspecified atom stereocenters. The van der Waals surface area contributed by atoms with Crippen molar-refractivity contribution in [3.05, 3.63) is 36.2 Å². The lowest BCUT2D eigenvalue weighted by atomic mass is 10.3. The zero-order valence-electron chi connectivity index (χ0n) is 8.17. The molecule has 0 aliphatic heterocycles. The minimum Gasteiger partial charge on any atom is -0.197 e. The Morgan fingerprint density at radius 2 is 2.00 bits per heavy atom. The molecule has 1 aromatic carbocycles. The standard InChI is InChI=1S/C10H11ClN4/c11-8-4-7-10-12-13-14-15(10)9-5-2-1-3-6-9/h1-3,5-6H,4,7-8H2. The van der Waals surface area contributed by atoms with Crippen molar-refractivity contribution < 1.29 is 0 Å². The molecule has 0 saturated heterocycles. The second kappa shape index (κ2) is 4.89. The van der Waals surface area contributed by atoms with E-state index in [1.807, 2.05) is 30.3 Å². The van der Waals surface area contributed by atoms with Crippen LogP contribution in [0.2, 0.25) is 0 Å². The largest absolute Gasteiger partial charge is 0.197 e. The number of tetrazole rings is 1. The second-order valence-electron chi connectivity index (χ2n) is 3.14. The number of alkyl halides is 1. The number of aryl methyl sites for hydroxylation is 1. The van der Waals surface area contributed by atoms with Crippen molar-refractivity contribution in [3.8, 4) is 5.69 Å². The van der Waals surface area contributed by atoms with E-state index in [0.29, 0.717) is 5.88 Å². The number of halogens is 1. The van der Waals surface area contributed by atoms with Gasteiger partial charge in [-0.05, 0) is 29.0 Å². The molecule has 0 atom stereocenters. The maximum Gasteiger partial charge on any atom is 0.156 e. The lowest BCUT2D eigenvalue weighted by molar-refractivity contribution is 0.746. The number of para-hydroxylation sites is 1.